The van der Waals surface area contributed by atoms with Gasteiger partial charge < -0.3 is 15.1 Å². The van der Waals surface area contributed by atoms with E-state index in [1.807, 2.05) is 41.5 Å². The molecule has 0 saturated carbocycles. The topological polar surface area (TPSA) is 79.5 Å². The van der Waals surface area contributed by atoms with E-state index in [0.717, 1.165) is 18.0 Å². The van der Waals surface area contributed by atoms with E-state index in [9.17, 15) is 4.21 Å². The maximum absolute atomic E-state index is 12.0. The molecule has 1 heterocycles. The lowest BCUT2D eigenvalue weighted by molar-refractivity contribution is 0.473. The molecule has 1 aromatic rings. The van der Waals surface area contributed by atoms with Gasteiger partial charge in [0.05, 0.1) is 5.69 Å². The minimum atomic E-state index is -0.873. The summed E-state index contributed by atoms with van der Waals surface area (Å²) in [6.07, 6.45) is 0. The van der Waals surface area contributed by atoms with E-state index in [1.165, 1.54) is 0 Å². The standard InChI is InChI=1S/C15H28N4O2S.HI/c1-7-16-14(17-8-9-22(20)15(4,5)6)18-10-13-19-11(2)12(3)21-13;/h7-10H2,1-6H3,(H2,16,17,18);1H. The van der Waals surface area contributed by atoms with Crippen LogP contribution >= 0.6 is 24.0 Å². The molecule has 1 rings (SSSR count). The molecule has 0 saturated heterocycles. The first kappa shape index (κ1) is 22.4. The van der Waals surface area contributed by atoms with Gasteiger partial charge in [0.2, 0.25) is 5.89 Å². The number of guanidine groups is 1. The van der Waals surface area contributed by atoms with Crippen LogP contribution < -0.4 is 10.6 Å². The third-order valence-electron chi connectivity index (χ3n) is 3.05. The van der Waals surface area contributed by atoms with Crippen molar-refractivity contribution in [3.63, 3.8) is 0 Å². The van der Waals surface area contributed by atoms with Crippen molar-refractivity contribution in [1.29, 1.82) is 0 Å². The van der Waals surface area contributed by atoms with Gasteiger partial charge in [-0.2, -0.15) is 0 Å². The highest BCUT2D eigenvalue weighted by molar-refractivity contribution is 14.0. The Balaban J connectivity index is 0.00000484. The summed E-state index contributed by atoms with van der Waals surface area (Å²) in [7, 11) is -0.873. The third-order valence-corrected chi connectivity index (χ3v) is 4.99. The number of aliphatic imine (C=N–C) groups is 1. The Morgan fingerprint density at radius 1 is 1.30 bits per heavy atom. The van der Waals surface area contributed by atoms with Gasteiger partial charge in [-0.25, -0.2) is 9.98 Å². The van der Waals surface area contributed by atoms with Crippen molar-refractivity contribution < 1.29 is 8.63 Å². The van der Waals surface area contributed by atoms with Gasteiger partial charge >= 0.3 is 0 Å². The molecule has 0 aliphatic heterocycles. The fourth-order valence-corrected chi connectivity index (χ4v) is 2.56. The Hall–Kier alpha value is -0.640. The maximum atomic E-state index is 12.0. The van der Waals surface area contributed by atoms with Crippen LogP contribution in [0.2, 0.25) is 0 Å². The first-order valence-electron chi connectivity index (χ1n) is 7.57. The minimum Gasteiger partial charge on any atom is -0.444 e. The number of oxazole rings is 1. The summed E-state index contributed by atoms with van der Waals surface area (Å²) in [6.45, 7) is 13.5. The molecule has 0 fully saturated rings. The van der Waals surface area contributed by atoms with Gasteiger partial charge in [-0.3, -0.25) is 4.21 Å². The average Bonchev–Trinajstić information content (AvgIpc) is 2.74. The number of nitrogens with zero attached hydrogens (tertiary/aromatic N) is 2. The van der Waals surface area contributed by atoms with E-state index in [-0.39, 0.29) is 28.7 Å². The van der Waals surface area contributed by atoms with E-state index in [2.05, 4.69) is 20.6 Å². The zero-order chi connectivity index (χ0) is 16.8. The fourth-order valence-electron chi connectivity index (χ4n) is 1.66. The van der Waals surface area contributed by atoms with Crippen LogP contribution in [0.3, 0.4) is 0 Å². The Labute approximate surface area is 158 Å². The normalized spacial score (nSPS) is 13.4. The van der Waals surface area contributed by atoms with E-state index in [0.29, 0.717) is 30.7 Å². The molecule has 0 aliphatic carbocycles. The second-order valence-corrected chi connectivity index (χ2v) is 8.36. The molecule has 0 radical (unpaired) electrons. The van der Waals surface area contributed by atoms with Crippen molar-refractivity contribution in [1.82, 2.24) is 15.6 Å². The van der Waals surface area contributed by atoms with Crippen LogP contribution in [0.25, 0.3) is 0 Å². The largest absolute Gasteiger partial charge is 0.444 e. The summed E-state index contributed by atoms with van der Waals surface area (Å²) in [6, 6.07) is 0. The summed E-state index contributed by atoms with van der Waals surface area (Å²) < 4.78 is 17.3. The number of hydrogen-bond donors (Lipinski definition) is 2. The van der Waals surface area contributed by atoms with Crippen LogP contribution in [0.4, 0.5) is 0 Å². The molecule has 1 unspecified atom stereocenters. The number of aryl methyl sites for hydroxylation is 2. The number of aromatic nitrogens is 1. The lowest BCUT2D eigenvalue weighted by Gasteiger charge is -2.18. The zero-order valence-electron chi connectivity index (χ0n) is 14.9. The van der Waals surface area contributed by atoms with Gasteiger partial charge in [0, 0.05) is 34.4 Å². The quantitative estimate of drug-likeness (QED) is 0.391. The van der Waals surface area contributed by atoms with Crippen LogP contribution in [-0.4, -0.2) is 38.7 Å². The molecule has 0 amide bonds. The Kier molecular flexibility index (Phi) is 9.99. The van der Waals surface area contributed by atoms with Crippen molar-refractivity contribution in [2.45, 2.75) is 52.8 Å². The summed E-state index contributed by atoms with van der Waals surface area (Å²) in [4.78, 5) is 8.74. The fraction of sp³-hybridized carbons (Fsp3) is 0.733. The molecule has 0 spiro atoms. The zero-order valence-corrected chi connectivity index (χ0v) is 18.0. The average molecular weight is 456 g/mol. The van der Waals surface area contributed by atoms with Gasteiger partial charge in [-0.05, 0) is 41.5 Å². The summed E-state index contributed by atoms with van der Waals surface area (Å²) >= 11 is 0. The van der Waals surface area contributed by atoms with Crippen LogP contribution in [0, 0.1) is 13.8 Å². The minimum absolute atomic E-state index is 0. The van der Waals surface area contributed by atoms with Crippen LogP contribution in [-0.2, 0) is 17.3 Å². The van der Waals surface area contributed by atoms with E-state index in [1.54, 1.807) is 0 Å². The molecule has 0 aliphatic rings. The van der Waals surface area contributed by atoms with E-state index < -0.39 is 10.8 Å². The van der Waals surface area contributed by atoms with Crippen molar-refractivity contribution in [3.8, 4) is 0 Å². The Morgan fingerprint density at radius 2 is 1.96 bits per heavy atom. The first-order chi connectivity index (χ1) is 10.2. The predicted octanol–water partition coefficient (Wildman–Crippen LogP) is 2.51. The smallest absolute Gasteiger partial charge is 0.216 e. The highest BCUT2D eigenvalue weighted by Gasteiger charge is 2.18. The maximum Gasteiger partial charge on any atom is 0.216 e. The van der Waals surface area contributed by atoms with Crippen LogP contribution in [0.5, 0.6) is 0 Å². The lowest BCUT2D eigenvalue weighted by atomic mass is 10.3. The van der Waals surface area contributed by atoms with Gasteiger partial charge in [0.25, 0.3) is 0 Å². The predicted molar refractivity (Wildman–Crippen MR) is 107 cm³/mol. The highest BCUT2D eigenvalue weighted by Crippen LogP contribution is 2.10. The van der Waals surface area contributed by atoms with Crippen molar-refractivity contribution in [2.24, 2.45) is 4.99 Å². The van der Waals surface area contributed by atoms with Crippen molar-refractivity contribution in [2.75, 3.05) is 18.8 Å². The lowest BCUT2D eigenvalue weighted by Crippen LogP contribution is -2.40. The number of rotatable bonds is 6. The Bertz CT molecular complexity index is 519. The number of halogens is 1. The van der Waals surface area contributed by atoms with E-state index >= 15 is 0 Å². The highest BCUT2D eigenvalue weighted by atomic mass is 127. The van der Waals surface area contributed by atoms with Gasteiger partial charge in [0.1, 0.15) is 12.3 Å². The molecule has 0 aromatic carbocycles. The van der Waals surface area contributed by atoms with Crippen LogP contribution in [0.1, 0.15) is 45.0 Å². The van der Waals surface area contributed by atoms with Crippen molar-refractivity contribution >= 4 is 40.7 Å². The molecular weight excluding hydrogens is 427 g/mol. The van der Waals surface area contributed by atoms with Gasteiger partial charge in [0.15, 0.2) is 5.96 Å². The molecule has 2 N–H and O–H groups in total. The van der Waals surface area contributed by atoms with Gasteiger partial charge in [-0.15, -0.1) is 24.0 Å². The molecule has 23 heavy (non-hydrogen) atoms. The number of nitrogens with one attached hydrogen (secondary N) is 2. The third kappa shape index (κ3) is 8.14. The summed E-state index contributed by atoms with van der Waals surface area (Å²) in [5, 5.41) is 6.35. The molecule has 1 atom stereocenters. The molecule has 134 valence electrons. The molecule has 0 bridgehead atoms. The molecule has 1 aromatic heterocycles. The summed E-state index contributed by atoms with van der Waals surface area (Å²) in [5.74, 6) is 2.70. The molecular formula is C15H29IN4O2S. The molecule has 6 nitrogen and oxygen atoms in total. The van der Waals surface area contributed by atoms with Crippen molar-refractivity contribution in [3.05, 3.63) is 17.3 Å². The second kappa shape index (κ2) is 10.3. The molecule has 8 heteroatoms. The monoisotopic (exact) mass is 456 g/mol. The van der Waals surface area contributed by atoms with Gasteiger partial charge in [-0.1, -0.05) is 0 Å². The van der Waals surface area contributed by atoms with E-state index in [4.69, 9.17) is 4.42 Å². The second-order valence-electron chi connectivity index (χ2n) is 6.03. The Morgan fingerprint density at radius 3 is 2.43 bits per heavy atom. The number of hydrogen-bond acceptors (Lipinski definition) is 4. The SMILES string of the molecule is CCNC(=NCc1nc(C)c(C)o1)NCCS(=O)C(C)(C)C.I. The van der Waals surface area contributed by atoms with Crippen LogP contribution in [0.15, 0.2) is 9.41 Å². The first-order valence-corrected chi connectivity index (χ1v) is 8.89. The summed E-state index contributed by atoms with van der Waals surface area (Å²) in [5.41, 5.74) is 0.892.